The highest BCUT2D eigenvalue weighted by molar-refractivity contribution is 6.18. The number of alkyl halides is 1. The van der Waals surface area contributed by atoms with Crippen LogP contribution in [0.3, 0.4) is 0 Å². The molecule has 0 amide bonds. The highest BCUT2D eigenvalue weighted by Gasteiger charge is 2.24. The number of rotatable bonds is 12. The van der Waals surface area contributed by atoms with E-state index in [1.54, 1.807) is 6.20 Å². The average molecular weight is 488 g/mol. The van der Waals surface area contributed by atoms with E-state index in [4.69, 9.17) is 26.2 Å². The van der Waals surface area contributed by atoms with Crippen molar-refractivity contribution in [2.45, 2.75) is 52.4 Å². The molecule has 1 aromatic heterocycles. The maximum atomic E-state index is 10.2. The van der Waals surface area contributed by atoms with Gasteiger partial charge in [-0.1, -0.05) is 50.3 Å². The Morgan fingerprint density at radius 3 is 2.38 bits per heavy atom. The molecule has 0 aliphatic carbocycles. The second kappa shape index (κ2) is 11.7. The lowest BCUT2D eigenvalue weighted by Gasteiger charge is -2.27. The van der Waals surface area contributed by atoms with E-state index in [-0.39, 0.29) is 25.2 Å². The molecule has 0 aliphatic rings. The molecule has 2 atom stereocenters. The monoisotopic (exact) mass is 487 g/mol. The van der Waals surface area contributed by atoms with Crippen LogP contribution < -0.4 is 9.47 Å². The van der Waals surface area contributed by atoms with Crippen LogP contribution in [0.15, 0.2) is 48.7 Å². The van der Waals surface area contributed by atoms with Crippen LogP contribution in [0.5, 0.6) is 11.5 Å². The maximum absolute atomic E-state index is 10.2. The lowest BCUT2D eigenvalue weighted by atomic mass is 9.77. The molecule has 0 saturated heterocycles. The lowest BCUT2D eigenvalue weighted by molar-refractivity contribution is 0.0888. The van der Waals surface area contributed by atoms with Crippen molar-refractivity contribution in [3.8, 4) is 11.5 Å². The number of aliphatic hydroxyl groups excluding tert-OH is 2. The van der Waals surface area contributed by atoms with E-state index in [1.807, 2.05) is 18.2 Å². The number of hydrogen-bond donors (Lipinski definition) is 2. The number of aryl methyl sites for hydroxylation is 1. The number of aliphatic hydroxyl groups is 2. The van der Waals surface area contributed by atoms with Gasteiger partial charge in [0.25, 0.3) is 0 Å². The molecule has 0 fully saturated rings. The van der Waals surface area contributed by atoms with E-state index in [9.17, 15) is 5.11 Å². The number of hydrogen-bond acceptors (Lipinski definition) is 6. The third kappa shape index (κ3) is 6.72. The molecule has 7 nitrogen and oxygen atoms in total. The molecular weight excluding hydrogens is 454 g/mol. The summed E-state index contributed by atoms with van der Waals surface area (Å²) in [6, 6.07) is 14.3. The Morgan fingerprint density at radius 2 is 1.76 bits per heavy atom. The molecule has 2 aromatic carbocycles. The lowest BCUT2D eigenvalue weighted by Crippen LogP contribution is -2.24. The summed E-state index contributed by atoms with van der Waals surface area (Å²) in [6.45, 7) is 9.30. The van der Waals surface area contributed by atoms with E-state index in [1.165, 1.54) is 10.2 Å². The molecule has 0 saturated carbocycles. The van der Waals surface area contributed by atoms with Gasteiger partial charge in [-0.05, 0) is 41.8 Å². The van der Waals surface area contributed by atoms with Crippen molar-refractivity contribution in [3.63, 3.8) is 0 Å². The van der Waals surface area contributed by atoms with E-state index >= 15 is 0 Å². The zero-order valence-electron chi connectivity index (χ0n) is 20.2. The third-order valence-electron chi connectivity index (χ3n) is 5.85. The fraction of sp³-hybridized carbons (Fsp3) is 0.462. The van der Waals surface area contributed by atoms with E-state index < -0.39 is 6.10 Å². The molecule has 2 unspecified atom stereocenters. The van der Waals surface area contributed by atoms with Gasteiger partial charge in [0.15, 0.2) is 0 Å². The zero-order chi connectivity index (χ0) is 24.7. The standard InChI is InChI=1S/C26H34ClN3O4/c1-18(12-27)16-34-25-10-7-21(11-19(25)2)26(3,4)20-5-8-24(9-6-20)33-17-23(32)14-30-13-22(15-31)28-29-30/h5-11,13,18,23,31-32H,12,14-17H2,1-4H3. The van der Waals surface area contributed by atoms with Crippen LogP contribution in [0, 0.1) is 12.8 Å². The van der Waals surface area contributed by atoms with Crippen molar-refractivity contribution < 1.29 is 19.7 Å². The van der Waals surface area contributed by atoms with Crippen molar-refractivity contribution in [1.82, 2.24) is 15.0 Å². The Morgan fingerprint density at radius 1 is 1.06 bits per heavy atom. The van der Waals surface area contributed by atoms with Crippen molar-refractivity contribution in [3.05, 3.63) is 71.0 Å². The van der Waals surface area contributed by atoms with Crippen molar-refractivity contribution in [1.29, 1.82) is 0 Å². The Hall–Kier alpha value is -2.61. The fourth-order valence-corrected chi connectivity index (χ4v) is 3.66. The number of benzene rings is 2. The minimum Gasteiger partial charge on any atom is -0.493 e. The highest BCUT2D eigenvalue weighted by atomic mass is 35.5. The maximum Gasteiger partial charge on any atom is 0.122 e. The summed E-state index contributed by atoms with van der Waals surface area (Å²) in [5.41, 5.74) is 3.71. The minimum absolute atomic E-state index is 0.125. The highest BCUT2D eigenvalue weighted by Crippen LogP contribution is 2.34. The summed E-state index contributed by atoms with van der Waals surface area (Å²) in [5, 5.41) is 26.9. The minimum atomic E-state index is -0.750. The second-order valence-corrected chi connectivity index (χ2v) is 9.56. The fourth-order valence-electron chi connectivity index (χ4n) is 3.57. The molecule has 0 spiro atoms. The molecule has 2 N–H and O–H groups in total. The first-order chi connectivity index (χ1) is 16.2. The molecular formula is C26H34ClN3O4. The molecule has 0 bridgehead atoms. The SMILES string of the molecule is Cc1cc(C(C)(C)c2ccc(OCC(O)Cn3cc(CO)nn3)cc2)ccc1OCC(C)CCl. The number of halogens is 1. The first-order valence-corrected chi connectivity index (χ1v) is 12.0. The van der Waals surface area contributed by atoms with Crippen LogP contribution in [0.2, 0.25) is 0 Å². The van der Waals surface area contributed by atoms with E-state index in [0.717, 1.165) is 16.9 Å². The zero-order valence-corrected chi connectivity index (χ0v) is 21.0. The average Bonchev–Trinajstić information content (AvgIpc) is 3.29. The summed E-state index contributed by atoms with van der Waals surface area (Å²) in [4.78, 5) is 0. The van der Waals surface area contributed by atoms with Gasteiger partial charge in [0.05, 0.1) is 26.0 Å². The Labute approximate surface area is 206 Å². The molecule has 184 valence electrons. The van der Waals surface area contributed by atoms with Crippen molar-refractivity contribution >= 4 is 11.6 Å². The van der Waals surface area contributed by atoms with Crippen LogP contribution in [-0.2, 0) is 18.6 Å². The van der Waals surface area contributed by atoms with Gasteiger partial charge in [-0.2, -0.15) is 0 Å². The third-order valence-corrected chi connectivity index (χ3v) is 6.37. The normalized spacial score (nSPS) is 13.5. The predicted molar refractivity (Wildman–Crippen MR) is 133 cm³/mol. The van der Waals surface area contributed by atoms with Gasteiger partial charge in [-0.3, -0.25) is 0 Å². The van der Waals surface area contributed by atoms with Crippen LogP contribution >= 0.6 is 11.6 Å². The first kappa shape index (κ1) is 26.0. The van der Waals surface area contributed by atoms with Gasteiger partial charge in [0.1, 0.15) is 29.9 Å². The van der Waals surface area contributed by atoms with Crippen LogP contribution in [0.25, 0.3) is 0 Å². The molecule has 34 heavy (non-hydrogen) atoms. The van der Waals surface area contributed by atoms with Crippen LogP contribution in [0.1, 0.15) is 43.2 Å². The number of aromatic nitrogens is 3. The Bertz CT molecular complexity index is 1050. The molecule has 3 rings (SSSR count). The molecule has 0 aliphatic heterocycles. The second-order valence-electron chi connectivity index (χ2n) is 9.25. The van der Waals surface area contributed by atoms with Crippen molar-refractivity contribution in [2.24, 2.45) is 5.92 Å². The predicted octanol–water partition coefficient (Wildman–Crippen LogP) is 4.10. The van der Waals surface area contributed by atoms with Gasteiger partial charge in [-0.25, -0.2) is 4.68 Å². The van der Waals surface area contributed by atoms with Gasteiger partial charge < -0.3 is 19.7 Å². The van der Waals surface area contributed by atoms with Gasteiger partial charge in [-0.15, -0.1) is 16.7 Å². The Balaban J connectivity index is 1.59. The van der Waals surface area contributed by atoms with Gasteiger partial charge in [0, 0.05) is 17.2 Å². The summed E-state index contributed by atoms with van der Waals surface area (Å²) < 4.78 is 13.2. The quantitative estimate of drug-likeness (QED) is 0.374. The first-order valence-electron chi connectivity index (χ1n) is 11.4. The number of nitrogens with zero attached hydrogens (tertiary/aromatic N) is 3. The summed E-state index contributed by atoms with van der Waals surface area (Å²) in [5.74, 6) is 2.45. The van der Waals surface area contributed by atoms with E-state index in [2.05, 4.69) is 62.3 Å². The summed E-state index contributed by atoms with van der Waals surface area (Å²) in [6.07, 6.45) is 0.849. The van der Waals surface area contributed by atoms with Crippen LogP contribution in [0.4, 0.5) is 0 Å². The molecule has 3 aromatic rings. The van der Waals surface area contributed by atoms with Crippen molar-refractivity contribution in [2.75, 3.05) is 19.1 Å². The topological polar surface area (TPSA) is 89.6 Å². The number of ether oxygens (including phenoxy) is 2. The smallest absolute Gasteiger partial charge is 0.122 e. The van der Waals surface area contributed by atoms with Crippen LogP contribution in [-0.4, -0.2) is 50.4 Å². The van der Waals surface area contributed by atoms with E-state index in [0.29, 0.717) is 29.8 Å². The molecule has 8 heteroatoms. The molecule has 1 heterocycles. The summed E-state index contributed by atoms with van der Waals surface area (Å²) >= 11 is 5.88. The largest absolute Gasteiger partial charge is 0.493 e. The molecule has 0 radical (unpaired) electrons. The van der Waals surface area contributed by atoms with Gasteiger partial charge >= 0.3 is 0 Å². The summed E-state index contributed by atoms with van der Waals surface area (Å²) in [7, 11) is 0. The Kier molecular flexibility index (Phi) is 8.94. The van der Waals surface area contributed by atoms with Gasteiger partial charge in [0.2, 0.25) is 0 Å².